The zero-order valence-electron chi connectivity index (χ0n) is 6.37. The first-order valence-electron chi connectivity index (χ1n) is 3.30. The summed E-state index contributed by atoms with van der Waals surface area (Å²) in [6.45, 7) is 0. The molecule has 1 rings (SSSR count). The fourth-order valence-corrected chi connectivity index (χ4v) is 0.892. The molecule has 3 N–H and O–H groups in total. The van der Waals surface area contributed by atoms with Gasteiger partial charge in [-0.3, -0.25) is 4.98 Å². The van der Waals surface area contributed by atoms with Crippen molar-refractivity contribution in [3.63, 3.8) is 0 Å². The molecule has 0 saturated carbocycles. The smallest absolute Gasteiger partial charge is 0.339 e. The van der Waals surface area contributed by atoms with Gasteiger partial charge >= 0.3 is 5.97 Å². The average Bonchev–Trinajstić information content (AvgIpc) is 2.02. The van der Waals surface area contributed by atoms with Crippen molar-refractivity contribution < 1.29 is 18.7 Å². The van der Waals surface area contributed by atoms with Crippen LogP contribution in [0.25, 0.3) is 0 Å². The predicted octanol–water partition coefficient (Wildman–Crippen LogP) is 1.30. The van der Waals surface area contributed by atoms with Crippen LogP contribution in [0.4, 0.5) is 14.5 Å². The molecule has 0 saturated heterocycles. The fraction of sp³-hybridized carbons (Fsp3) is 0.143. The van der Waals surface area contributed by atoms with E-state index in [9.17, 15) is 13.6 Å². The summed E-state index contributed by atoms with van der Waals surface area (Å²) in [5.41, 5.74) is 3.57. The Labute approximate surface area is 72.0 Å². The number of anilines is 1. The second kappa shape index (κ2) is 3.34. The Balaban J connectivity index is 3.34. The van der Waals surface area contributed by atoms with E-state index in [0.29, 0.717) is 0 Å². The highest BCUT2D eigenvalue weighted by Crippen LogP contribution is 2.24. The Morgan fingerprint density at radius 2 is 2.23 bits per heavy atom. The number of hydrogen-bond acceptors (Lipinski definition) is 3. The first kappa shape index (κ1) is 9.37. The van der Waals surface area contributed by atoms with Gasteiger partial charge in [0.1, 0.15) is 11.3 Å². The van der Waals surface area contributed by atoms with Crippen molar-refractivity contribution >= 4 is 11.7 Å². The molecule has 6 heteroatoms. The summed E-state index contributed by atoms with van der Waals surface area (Å²) < 4.78 is 24.4. The van der Waals surface area contributed by atoms with Crippen LogP contribution in [0.15, 0.2) is 12.3 Å². The van der Waals surface area contributed by atoms with Gasteiger partial charge in [-0.05, 0) is 6.07 Å². The number of nitrogens with two attached hydrogens (primary N) is 1. The number of carboxylic acids is 1. The third-order valence-corrected chi connectivity index (χ3v) is 1.43. The molecular weight excluding hydrogens is 182 g/mol. The van der Waals surface area contributed by atoms with Crippen LogP contribution in [-0.4, -0.2) is 16.1 Å². The lowest BCUT2D eigenvalue weighted by atomic mass is 10.1. The van der Waals surface area contributed by atoms with Crippen molar-refractivity contribution in [3.8, 4) is 0 Å². The van der Waals surface area contributed by atoms with E-state index in [-0.39, 0.29) is 5.69 Å². The van der Waals surface area contributed by atoms with Gasteiger partial charge in [0.2, 0.25) is 0 Å². The molecule has 1 aromatic rings. The zero-order valence-corrected chi connectivity index (χ0v) is 6.37. The van der Waals surface area contributed by atoms with E-state index in [1.54, 1.807) is 0 Å². The number of carbonyl (C=O) groups is 1. The Hall–Kier alpha value is -1.72. The summed E-state index contributed by atoms with van der Waals surface area (Å²) in [4.78, 5) is 13.7. The van der Waals surface area contributed by atoms with E-state index >= 15 is 0 Å². The normalized spacial score (nSPS) is 10.4. The maximum absolute atomic E-state index is 12.2. The van der Waals surface area contributed by atoms with E-state index < -0.39 is 23.7 Å². The third kappa shape index (κ3) is 1.71. The van der Waals surface area contributed by atoms with Crippen LogP contribution in [0.5, 0.6) is 0 Å². The number of nitrogen functional groups attached to an aromatic ring is 1. The molecule has 0 spiro atoms. The maximum atomic E-state index is 12.2. The lowest BCUT2D eigenvalue weighted by Crippen LogP contribution is -2.09. The van der Waals surface area contributed by atoms with Crippen LogP contribution in [0.2, 0.25) is 0 Å². The predicted molar refractivity (Wildman–Crippen MR) is 40.6 cm³/mol. The van der Waals surface area contributed by atoms with Gasteiger partial charge in [-0.25, -0.2) is 13.6 Å². The number of rotatable bonds is 2. The van der Waals surface area contributed by atoms with Crippen LogP contribution >= 0.6 is 0 Å². The summed E-state index contributed by atoms with van der Waals surface area (Å²) in [6.07, 6.45) is -1.89. The molecule has 0 aromatic carbocycles. The third-order valence-electron chi connectivity index (χ3n) is 1.43. The number of alkyl halides is 2. The molecule has 1 aromatic heterocycles. The minimum atomic E-state index is -2.94. The molecule has 0 unspecified atom stereocenters. The molecule has 0 aliphatic heterocycles. The topological polar surface area (TPSA) is 76.2 Å². The number of pyridine rings is 1. The first-order chi connectivity index (χ1) is 6.04. The minimum Gasteiger partial charge on any atom is -0.478 e. The number of aromatic nitrogens is 1. The van der Waals surface area contributed by atoms with Crippen molar-refractivity contribution in [1.29, 1.82) is 0 Å². The largest absolute Gasteiger partial charge is 0.478 e. The van der Waals surface area contributed by atoms with Crippen molar-refractivity contribution in [2.24, 2.45) is 0 Å². The van der Waals surface area contributed by atoms with Gasteiger partial charge in [-0.1, -0.05) is 0 Å². The maximum Gasteiger partial charge on any atom is 0.339 e. The number of carboxylic acid groups (broad SMARTS) is 1. The molecule has 70 valence electrons. The fourth-order valence-electron chi connectivity index (χ4n) is 0.892. The second-order valence-corrected chi connectivity index (χ2v) is 2.27. The van der Waals surface area contributed by atoms with E-state index in [1.807, 2.05) is 0 Å². The zero-order chi connectivity index (χ0) is 10.0. The molecule has 13 heavy (non-hydrogen) atoms. The van der Waals surface area contributed by atoms with Gasteiger partial charge in [0.15, 0.2) is 0 Å². The van der Waals surface area contributed by atoms with E-state index in [0.717, 1.165) is 12.3 Å². The van der Waals surface area contributed by atoms with Gasteiger partial charge in [-0.15, -0.1) is 0 Å². The first-order valence-corrected chi connectivity index (χ1v) is 3.30. The lowest BCUT2D eigenvalue weighted by molar-refractivity contribution is 0.0683. The summed E-state index contributed by atoms with van der Waals surface area (Å²) in [7, 11) is 0. The van der Waals surface area contributed by atoms with E-state index in [4.69, 9.17) is 10.8 Å². The minimum absolute atomic E-state index is 0.210. The summed E-state index contributed by atoms with van der Waals surface area (Å²) in [5.74, 6) is -1.50. The number of hydrogen-bond donors (Lipinski definition) is 2. The molecule has 1 heterocycles. The Morgan fingerprint density at radius 3 is 2.62 bits per heavy atom. The SMILES string of the molecule is Nc1ccnc(C(F)F)c1C(=O)O. The highest BCUT2D eigenvalue weighted by atomic mass is 19.3. The summed E-state index contributed by atoms with van der Waals surface area (Å²) >= 11 is 0. The number of aromatic carboxylic acids is 1. The average molecular weight is 188 g/mol. The highest BCUT2D eigenvalue weighted by Gasteiger charge is 2.21. The van der Waals surface area contributed by atoms with Gasteiger partial charge in [0.05, 0.1) is 0 Å². The molecule has 4 nitrogen and oxygen atoms in total. The van der Waals surface area contributed by atoms with Crippen molar-refractivity contribution in [1.82, 2.24) is 4.98 Å². The molecule has 0 radical (unpaired) electrons. The molecule has 0 aliphatic carbocycles. The van der Waals surface area contributed by atoms with Crippen LogP contribution in [0.3, 0.4) is 0 Å². The van der Waals surface area contributed by atoms with Gasteiger partial charge < -0.3 is 10.8 Å². The lowest BCUT2D eigenvalue weighted by Gasteiger charge is -2.05. The van der Waals surface area contributed by atoms with Gasteiger partial charge in [0.25, 0.3) is 6.43 Å². The Bertz CT molecular complexity index is 341. The van der Waals surface area contributed by atoms with Crippen LogP contribution in [-0.2, 0) is 0 Å². The highest BCUT2D eigenvalue weighted by molar-refractivity contribution is 5.94. The standard InChI is InChI=1S/C7H6F2N2O2/c8-6(9)5-4(7(12)13)3(10)1-2-11-5/h1-2,6H,(H2,10,11)(H,12,13). The Morgan fingerprint density at radius 1 is 1.62 bits per heavy atom. The van der Waals surface area contributed by atoms with Crippen molar-refractivity contribution in [2.75, 3.05) is 5.73 Å². The van der Waals surface area contributed by atoms with Crippen LogP contribution in [0, 0.1) is 0 Å². The van der Waals surface area contributed by atoms with E-state index in [1.165, 1.54) is 0 Å². The summed E-state index contributed by atoms with van der Waals surface area (Å²) in [6, 6.07) is 1.16. The van der Waals surface area contributed by atoms with Crippen molar-refractivity contribution in [2.45, 2.75) is 6.43 Å². The molecule has 0 amide bonds. The summed E-state index contributed by atoms with van der Waals surface area (Å²) in [5, 5.41) is 8.54. The van der Waals surface area contributed by atoms with Gasteiger partial charge in [0, 0.05) is 11.9 Å². The number of halogens is 2. The molecular formula is C7H6F2N2O2. The second-order valence-electron chi connectivity index (χ2n) is 2.27. The Kier molecular flexibility index (Phi) is 2.41. The van der Waals surface area contributed by atoms with E-state index in [2.05, 4.69) is 4.98 Å². The molecule has 0 aliphatic rings. The van der Waals surface area contributed by atoms with Gasteiger partial charge in [-0.2, -0.15) is 0 Å². The van der Waals surface area contributed by atoms with Crippen LogP contribution in [0.1, 0.15) is 22.5 Å². The monoisotopic (exact) mass is 188 g/mol. The molecule has 0 bridgehead atoms. The molecule has 0 fully saturated rings. The quantitative estimate of drug-likeness (QED) is 0.733. The molecule has 0 atom stereocenters. The van der Waals surface area contributed by atoms with Crippen molar-refractivity contribution in [3.05, 3.63) is 23.5 Å². The number of nitrogens with zero attached hydrogens (tertiary/aromatic N) is 1. The van der Waals surface area contributed by atoms with Crippen LogP contribution < -0.4 is 5.73 Å².